The van der Waals surface area contributed by atoms with E-state index in [1.165, 1.54) is 0 Å². The molecule has 2 aliphatic rings. The van der Waals surface area contributed by atoms with Gasteiger partial charge in [0.2, 0.25) is 0 Å². The van der Waals surface area contributed by atoms with E-state index in [2.05, 4.69) is 0 Å². The normalized spacial score (nSPS) is 32.3. The van der Waals surface area contributed by atoms with Crippen molar-refractivity contribution in [1.29, 1.82) is 0 Å². The van der Waals surface area contributed by atoms with Crippen LogP contribution in [0.15, 0.2) is 48.5 Å². The van der Waals surface area contributed by atoms with Gasteiger partial charge >= 0.3 is 15.2 Å². The number of benzene rings is 2. The SMILES string of the molecule is Cc1cccc(C)c1CP1(=O)OCC2(COP(=O)(Cc3ccccc3)OC2)CO1. The van der Waals surface area contributed by atoms with Gasteiger partial charge in [-0.3, -0.25) is 9.13 Å². The van der Waals surface area contributed by atoms with Gasteiger partial charge in [0.25, 0.3) is 0 Å². The fraction of sp³-hybridized carbons (Fsp3) is 0.429. The Morgan fingerprint density at radius 2 is 1.21 bits per heavy atom. The second-order valence-corrected chi connectivity index (χ2v) is 12.1. The van der Waals surface area contributed by atoms with Crippen LogP contribution in [0.1, 0.15) is 22.3 Å². The summed E-state index contributed by atoms with van der Waals surface area (Å²) in [5.41, 5.74) is 3.45. The average molecular weight is 436 g/mol. The zero-order chi connectivity index (χ0) is 20.5. The van der Waals surface area contributed by atoms with Crippen LogP contribution in [0.25, 0.3) is 0 Å². The smallest absolute Gasteiger partial charge is 0.307 e. The fourth-order valence-electron chi connectivity index (χ4n) is 3.55. The summed E-state index contributed by atoms with van der Waals surface area (Å²) in [6, 6.07) is 15.4. The summed E-state index contributed by atoms with van der Waals surface area (Å²) in [4.78, 5) is 0. The molecular formula is C21H26O6P2. The van der Waals surface area contributed by atoms with E-state index in [-0.39, 0.29) is 38.8 Å². The zero-order valence-corrected chi connectivity index (χ0v) is 18.5. The highest BCUT2D eigenvalue weighted by Crippen LogP contribution is 2.61. The minimum atomic E-state index is -3.25. The van der Waals surface area contributed by atoms with Gasteiger partial charge in [-0.05, 0) is 36.1 Å². The van der Waals surface area contributed by atoms with E-state index in [9.17, 15) is 9.13 Å². The van der Waals surface area contributed by atoms with Crippen LogP contribution < -0.4 is 0 Å². The molecule has 0 saturated carbocycles. The highest BCUT2D eigenvalue weighted by Gasteiger charge is 2.48. The van der Waals surface area contributed by atoms with Crippen LogP contribution in [0.4, 0.5) is 0 Å². The van der Waals surface area contributed by atoms with E-state index < -0.39 is 20.6 Å². The molecule has 2 aromatic rings. The first-order valence-corrected chi connectivity index (χ1v) is 13.1. The van der Waals surface area contributed by atoms with Crippen molar-refractivity contribution in [1.82, 2.24) is 0 Å². The molecule has 0 radical (unpaired) electrons. The highest BCUT2D eigenvalue weighted by atomic mass is 31.2. The molecule has 0 aromatic heterocycles. The molecule has 0 atom stereocenters. The van der Waals surface area contributed by atoms with Crippen LogP contribution in [0.5, 0.6) is 0 Å². The summed E-state index contributed by atoms with van der Waals surface area (Å²) in [7, 11) is -6.46. The van der Waals surface area contributed by atoms with Crippen LogP contribution in [0.3, 0.4) is 0 Å². The number of aryl methyl sites for hydroxylation is 2. The van der Waals surface area contributed by atoms with E-state index in [0.29, 0.717) is 0 Å². The van der Waals surface area contributed by atoms with Gasteiger partial charge < -0.3 is 18.1 Å². The Morgan fingerprint density at radius 1 is 0.724 bits per heavy atom. The van der Waals surface area contributed by atoms with E-state index in [1.54, 1.807) is 0 Å². The maximum atomic E-state index is 13.1. The number of hydrogen-bond acceptors (Lipinski definition) is 6. The van der Waals surface area contributed by atoms with Crippen LogP contribution in [0.2, 0.25) is 0 Å². The molecule has 156 valence electrons. The predicted octanol–water partition coefficient (Wildman–Crippen LogP) is 5.47. The van der Waals surface area contributed by atoms with Crippen LogP contribution in [0, 0.1) is 19.3 Å². The molecular weight excluding hydrogens is 410 g/mol. The van der Waals surface area contributed by atoms with Gasteiger partial charge in [-0.15, -0.1) is 0 Å². The molecule has 0 aliphatic carbocycles. The maximum absolute atomic E-state index is 13.1. The average Bonchev–Trinajstić information content (AvgIpc) is 2.71. The first-order chi connectivity index (χ1) is 13.8. The minimum Gasteiger partial charge on any atom is -0.307 e. The molecule has 2 aromatic carbocycles. The lowest BCUT2D eigenvalue weighted by atomic mass is 9.93. The summed E-state index contributed by atoms with van der Waals surface area (Å²) in [6.45, 7) is 4.77. The van der Waals surface area contributed by atoms with E-state index >= 15 is 0 Å². The van der Waals surface area contributed by atoms with Crippen molar-refractivity contribution in [3.05, 3.63) is 70.8 Å². The van der Waals surface area contributed by atoms with Crippen molar-refractivity contribution < 1.29 is 27.2 Å². The Balaban J connectivity index is 1.37. The topological polar surface area (TPSA) is 71.1 Å². The summed E-state index contributed by atoms with van der Waals surface area (Å²) in [5, 5.41) is 0. The van der Waals surface area contributed by atoms with Gasteiger partial charge in [-0.1, -0.05) is 48.5 Å². The molecule has 0 unspecified atom stereocenters. The molecule has 29 heavy (non-hydrogen) atoms. The lowest BCUT2D eigenvalue weighted by Crippen LogP contribution is -2.45. The molecule has 2 heterocycles. The van der Waals surface area contributed by atoms with Gasteiger partial charge in [0.15, 0.2) is 0 Å². The Labute approximate surface area is 171 Å². The standard InChI is InChI=1S/C21H26O6P2/c1-17-7-6-8-18(2)20(17)12-29(23)26-15-21(16-27-29)13-24-28(22,25-14-21)11-19-9-4-3-5-10-19/h3-10H,11-16H2,1-2H3. The first kappa shape index (κ1) is 21.0. The maximum Gasteiger partial charge on any atom is 0.335 e. The summed E-state index contributed by atoms with van der Waals surface area (Å²) in [5.74, 6) is 0. The van der Waals surface area contributed by atoms with Gasteiger partial charge in [0.05, 0.1) is 44.2 Å². The van der Waals surface area contributed by atoms with Crippen LogP contribution in [-0.4, -0.2) is 26.4 Å². The predicted molar refractivity (Wildman–Crippen MR) is 111 cm³/mol. The third kappa shape index (κ3) is 4.74. The minimum absolute atomic E-state index is 0.195. The molecule has 2 aliphatic heterocycles. The fourth-order valence-corrected chi connectivity index (χ4v) is 7.49. The van der Waals surface area contributed by atoms with Crippen molar-refractivity contribution in [2.45, 2.75) is 26.2 Å². The van der Waals surface area contributed by atoms with Crippen molar-refractivity contribution in [3.8, 4) is 0 Å². The monoisotopic (exact) mass is 436 g/mol. The summed E-state index contributed by atoms with van der Waals surface area (Å²) in [6.07, 6.45) is 0.479. The Morgan fingerprint density at radius 3 is 1.72 bits per heavy atom. The van der Waals surface area contributed by atoms with Crippen molar-refractivity contribution in [3.63, 3.8) is 0 Å². The molecule has 6 nitrogen and oxygen atoms in total. The Bertz CT molecular complexity index is 928. The second kappa shape index (κ2) is 8.11. The zero-order valence-electron chi connectivity index (χ0n) is 16.7. The summed E-state index contributed by atoms with van der Waals surface area (Å²) >= 11 is 0. The molecule has 2 fully saturated rings. The third-order valence-corrected chi connectivity index (χ3v) is 9.03. The van der Waals surface area contributed by atoms with Gasteiger partial charge in [-0.2, -0.15) is 0 Å². The molecule has 0 N–H and O–H groups in total. The highest BCUT2D eigenvalue weighted by molar-refractivity contribution is 7.53. The number of rotatable bonds is 4. The van der Waals surface area contributed by atoms with Gasteiger partial charge in [0.1, 0.15) is 0 Å². The lowest BCUT2D eigenvalue weighted by Gasteiger charge is -2.43. The van der Waals surface area contributed by atoms with E-state index in [0.717, 1.165) is 22.3 Å². The first-order valence-electron chi connectivity index (χ1n) is 9.66. The Hall–Kier alpha value is -1.26. The lowest BCUT2D eigenvalue weighted by molar-refractivity contribution is -0.0690. The summed E-state index contributed by atoms with van der Waals surface area (Å²) < 4.78 is 48.8. The molecule has 1 spiro atoms. The number of hydrogen-bond donors (Lipinski definition) is 0. The van der Waals surface area contributed by atoms with Gasteiger partial charge in [0, 0.05) is 0 Å². The quantitative estimate of drug-likeness (QED) is 0.592. The van der Waals surface area contributed by atoms with E-state index in [4.69, 9.17) is 18.1 Å². The van der Waals surface area contributed by atoms with Crippen molar-refractivity contribution in [2.75, 3.05) is 26.4 Å². The third-order valence-electron chi connectivity index (χ3n) is 5.49. The molecule has 8 heteroatoms. The molecule has 2 saturated heterocycles. The van der Waals surface area contributed by atoms with Crippen molar-refractivity contribution >= 4 is 15.2 Å². The Kier molecular flexibility index (Phi) is 5.87. The van der Waals surface area contributed by atoms with E-state index in [1.807, 2.05) is 62.4 Å². The molecule has 0 bridgehead atoms. The van der Waals surface area contributed by atoms with Gasteiger partial charge in [-0.25, -0.2) is 0 Å². The molecule has 0 amide bonds. The second-order valence-electron chi connectivity index (χ2n) is 7.99. The van der Waals surface area contributed by atoms with Crippen LogP contribution >= 0.6 is 15.2 Å². The van der Waals surface area contributed by atoms with Crippen LogP contribution in [-0.2, 0) is 39.5 Å². The molecule has 4 rings (SSSR count). The van der Waals surface area contributed by atoms with Crippen molar-refractivity contribution in [2.24, 2.45) is 5.41 Å². The largest absolute Gasteiger partial charge is 0.335 e.